The highest BCUT2D eigenvalue weighted by Gasteiger charge is 2.17. The third-order valence-electron chi connectivity index (χ3n) is 3.25. The normalized spacial score (nSPS) is 26.6. The van der Waals surface area contributed by atoms with Crippen LogP contribution >= 0.6 is 0 Å². The Bertz CT molecular complexity index is 253. The molecule has 3 heteroatoms. The Hall–Kier alpha value is -0.830. The Balaban J connectivity index is 2.32. The lowest BCUT2D eigenvalue weighted by molar-refractivity contribution is -0.138. The summed E-state index contributed by atoms with van der Waals surface area (Å²) in [5.74, 6) is 0.513. The Kier molecular flexibility index (Phi) is 5.53. The standard InChI is InChI=1S/C13H23NO2/c1-3-16-13(15)10(2)4-5-11-6-8-12(14)9-7-11/h4,11-12H,3,5-9,14H2,1-2H3/b10-4+. The molecule has 0 amide bonds. The Morgan fingerprint density at radius 2 is 2.00 bits per heavy atom. The molecule has 0 aromatic carbocycles. The number of ether oxygens (including phenoxy) is 1. The number of esters is 1. The molecule has 0 spiro atoms. The average Bonchev–Trinajstić information content (AvgIpc) is 2.28. The molecule has 3 nitrogen and oxygen atoms in total. The molecule has 0 saturated heterocycles. The van der Waals surface area contributed by atoms with Crippen molar-refractivity contribution in [1.82, 2.24) is 0 Å². The summed E-state index contributed by atoms with van der Waals surface area (Å²) in [6, 6.07) is 0.395. The van der Waals surface area contributed by atoms with Gasteiger partial charge in [0.15, 0.2) is 0 Å². The summed E-state index contributed by atoms with van der Waals surface area (Å²) >= 11 is 0. The van der Waals surface area contributed by atoms with Crippen LogP contribution in [0.4, 0.5) is 0 Å². The van der Waals surface area contributed by atoms with Crippen molar-refractivity contribution < 1.29 is 9.53 Å². The molecule has 0 aliphatic heterocycles. The largest absolute Gasteiger partial charge is 0.463 e. The fourth-order valence-electron chi connectivity index (χ4n) is 2.10. The van der Waals surface area contributed by atoms with Crippen molar-refractivity contribution in [3.8, 4) is 0 Å². The van der Waals surface area contributed by atoms with E-state index in [-0.39, 0.29) is 5.97 Å². The van der Waals surface area contributed by atoms with Gasteiger partial charge in [-0.1, -0.05) is 6.08 Å². The molecule has 0 atom stereocenters. The van der Waals surface area contributed by atoms with E-state index >= 15 is 0 Å². The zero-order valence-corrected chi connectivity index (χ0v) is 10.4. The van der Waals surface area contributed by atoms with Gasteiger partial charge in [-0.25, -0.2) is 4.79 Å². The van der Waals surface area contributed by atoms with E-state index in [0.717, 1.165) is 24.8 Å². The van der Waals surface area contributed by atoms with Crippen molar-refractivity contribution in [2.75, 3.05) is 6.61 Å². The third kappa shape index (κ3) is 4.35. The molecule has 0 heterocycles. The quantitative estimate of drug-likeness (QED) is 0.590. The molecule has 0 aromatic rings. The first-order valence-electron chi connectivity index (χ1n) is 6.23. The Morgan fingerprint density at radius 1 is 1.38 bits per heavy atom. The summed E-state index contributed by atoms with van der Waals surface area (Å²) in [6.07, 6.45) is 7.62. The molecule has 1 aliphatic carbocycles. The van der Waals surface area contributed by atoms with Gasteiger partial charge in [0.2, 0.25) is 0 Å². The minimum atomic E-state index is -0.185. The van der Waals surface area contributed by atoms with Crippen LogP contribution in [0.25, 0.3) is 0 Å². The first-order chi connectivity index (χ1) is 7.63. The van der Waals surface area contributed by atoms with E-state index in [1.165, 1.54) is 12.8 Å². The van der Waals surface area contributed by atoms with Crippen LogP contribution in [0, 0.1) is 5.92 Å². The smallest absolute Gasteiger partial charge is 0.333 e. The number of carbonyl (C=O) groups is 1. The van der Waals surface area contributed by atoms with E-state index < -0.39 is 0 Å². The number of hydrogen-bond acceptors (Lipinski definition) is 3. The second-order valence-electron chi connectivity index (χ2n) is 4.62. The van der Waals surface area contributed by atoms with Gasteiger partial charge < -0.3 is 10.5 Å². The average molecular weight is 225 g/mol. The van der Waals surface area contributed by atoms with Crippen LogP contribution < -0.4 is 5.73 Å². The van der Waals surface area contributed by atoms with Gasteiger partial charge in [-0.15, -0.1) is 0 Å². The highest BCUT2D eigenvalue weighted by atomic mass is 16.5. The third-order valence-corrected chi connectivity index (χ3v) is 3.25. The number of hydrogen-bond donors (Lipinski definition) is 1. The van der Waals surface area contributed by atoms with Gasteiger partial charge in [-0.2, -0.15) is 0 Å². The van der Waals surface area contributed by atoms with Gasteiger partial charge in [-0.3, -0.25) is 0 Å². The summed E-state index contributed by atoms with van der Waals surface area (Å²) in [6.45, 7) is 4.10. The summed E-state index contributed by atoms with van der Waals surface area (Å²) in [5.41, 5.74) is 6.58. The SMILES string of the molecule is CCOC(=O)/C(C)=C/CC1CCC(N)CC1. The summed E-state index contributed by atoms with van der Waals surface area (Å²) in [5, 5.41) is 0. The van der Waals surface area contributed by atoms with E-state index in [1.54, 1.807) is 0 Å². The highest BCUT2D eigenvalue weighted by molar-refractivity contribution is 5.87. The molecular formula is C13H23NO2. The van der Waals surface area contributed by atoms with E-state index in [4.69, 9.17) is 10.5 Å². The van der Waals surface area contributed by atoms with Crippen molar-refractivity contribution in [2.24, 2.45) is 11.7 Å². The van der Waals surface area contributed by atoms with Crippen LogP contribution in [0.2, 0.25) is 0 Å². The van der Waals surface area contributed by atoms with Crippen molar-refractivity contribution in [1.29, 1.82) is 0 Å². The summed E-state index contributed by atoms with van der Waals surface area (Å²) < 4.78 is 4.93. The maximum absolute atomic E-state index is 11.4. The minimum Gasteiger partial charge on any atom is -0.463 e. The number of allylic oxidation sites excluding steroid dienone is 1. The van der Waals surface area contributed by atoms with Crippen LogP contribution in [-0.2, 0) is 9.53 Å². The van der Waals surface area contributed by atoms with Crippen LogP contribution in [0.15, 0.2) is 11.6 Å². The van der Waals surface area contributed by atoms with E-state index in [1.807, 2.05) is 19.9 Å². The molecule has 0 unspecified atom stereocenters. The lowest BCUT2D eigenvalue weighted by Crippen LogP contribution is -2.26. The molecule has 16 heavy (non-hydrogen) atoms. The first kappa shape index (κ1) is 13.2. The zero-order valence-electron chi connectivity index (χ0n) is 10.4. The fourth-order valence-corrected chi connectivity index (χ4v) is 2.10. The fraction of sp³-hybridized carbons (Fsp3) is 0.769. The molecule has 0 aromatic heterocycles. The van der Waals surface area contributed by atoms with Crippen molar-refractivity contribution >= 4 is 5.97 Å². The predicted molar refractivity (Wildman–Crippen MR) is 64.9 cm³/mol. The van der Waals surface area contributed by atoms with Gasteiger partial charge in [0, 0.05) is 11.6 Å². The maximum Gasteiger partial charge on any atom is 0.333 e. The van der Waals surface area contributed by atoms with Crippen LogP contribution in [0.1, 0.15) is 46.0 Å². The second-order valence-corrected chi connectivity index (χ2v) is 4.62. The number of rotatable bonds is 4. The second kappa shape index (κ2) is 6.69. The molecule has 1 rings (SSSR count). The lowest BCUT2D eigenvalue weighted by atomic mass is 9.84. The van der Waals surface area contributed by atoms with Crippen molar-refractivity contribution in [3.63, 3.8) is 0 Å². The molecule has 2 N–H and O–H groups in total. The maximum atomic E-state index is 11.4. The van der Waals surface area contributed by atoms with Crippen molar-refractivity contribution in [3.05, 3.63) is 11.6 Å². The highest BCUT2D eigenvalue weighted by Crippen LogP contribution is 2.26. The zero-order chi connectivity index (χ0) is 12.0. The topological polar surface area (TPSA) is 52.3 Å². The van der Waals surface area contributed by atoms with Crippen LogP contribution in [0.5, 0.6) is 0 Å². The molecule has 0 radical (unpaired) electrons. The Labute approximate surface area is 98.0 Å². The molecular weight excluding hydrogens is 202 g/mol. The van der Waals surface area contributed by atoms with E-state index in [0.29, 0.717) is 18.6 Å². The minimum absolute atomic E-state index is 0.185. The van der Waals surface area contributed by atoms with Gasteiger partial charge in [0.25, 0.3) is 0 Å². The lowest BCUT2D eigenvalue weighted by Gasteiger charge is -2.25. The Morgan fingerprint density at radius 3 is 2.56 bits per heavy atom. The molecule has 1 aliphatic rings. The monoisotopic (exact) mass is 225 g/mol. The number of carbonyl (C=O) groups excluding carboxylic acids is 1. The van der Waals surface area contributed by atoms with E-state index in [9.17, 15) is 4.79 Å². The van der Waals surface area contributed by atoms with Gasteiger partial charge in [0.05, 0.1) is 6.61 Å². The summed E-state index contributed by atoms with van der Waals surface area (Å²) in [7, 11) is 0. The van der Waals surface area contributed by atoms with Crippen LogP contribution in [0.3, 0.4) is 0 Å². The molecule has 92 valence electrons. The molecule has 1 fully saturated rings. The summed E-state index contributed by atoms with van der Waals surface area (Å²) in [4.78, 5) is 11.4. The van der Waals surface area contributed by atoms with Crippen LogP contribution in [-0.4, -0.2) is 18.6 Å². The molecule has 1 saturated carbocycles. The van der Waals surface area contributed by atoms with Gasteiger partial charge in [-0.05, 0) is 51.9 Å². The first-order valence-corrected chi connectivity index (χ1v) is 6.23. The number of nitrogens with two attached hydrogens (primary N) is 1. The van der Waals surface area contributed by atoms with Gasteiger partial charge in [0.1, 0.15) is 0 Å². The van der Waals surface area contributed by atoms with Gasteiger partial charge >= 0.3 is 5.97 Å². The van der Waals surface area contributed by atoms with E-state index in [2.05, 4.69) is 0 Å². The predicted octanol–water partition coefficient (Wildman–Crippen LogP) is 2.40. The molecule has 0 bridgehead atoms. The van der Waals surface area contributed by atoms with Crippen molar-refractivity contribution in [2.45, 2.75) is 52.0 Å².